The summed E-state index contributed by atoms with van der Waals surface area (Å²) < 4.78 is 0.769. The van der Waals surface area contributed by atoms with Gasteiger partial charge in [-0.2, -0.15) is 0 Å². The molecule has 0 aliphatic carbocycles. The van der Waals surface area contributed by atoms with Crippen LogP contribution < -0.4 is 0 Å². The van der Waals surface area contributed by atoms with Gasteiger partial charge in [0, 0.05) is 10.0 Å². The second-order valence-electron chi connectivity index (χ2n) is 2.62. The summed E-state index contributed by atoms with van der Waals surface area (Å²) in [7, 11) is 0. The molecule has 0 unspecified atom stereocenters. The number of phenols is 1. The lowest BCUT2D eigenvalue weighted by Gasteiger charge is -2.00. The van der Waals surface area contributed by atoms with Gasteiger partial charge in [-0.25, -0.2) is 0 Å². The normalized spacial score (nSPS) is 10.6. The van der Waals surface area contributed by atoms with Crippen molar-refractivity contribution < 1.29 is 9.90 Å². The molecule has 1 aromatic rings. The maximum atomic E-state index is 10.7. The van der Waals surface area contributed by atoms with E-state index in [1.54, 1.807) is 24.3 Å². The highest BCUT2D eigenvalue weighted by Crippen LogP contribution is 2.26. The van der Waals surface area contributed by atoms with Crippen molar-refractivity contribution in [1.82, 2.24) is 0 Å². The predicted octanol–water partition coefficient (Wildman–Crippen LogP) is 2.76. The van der Waals surface area contributed by atoms with Gasteiger partial charge < -0.3 is 5.11 Å². The van der Waals surface area contributed by atoms with Crippen LogP contribution in [-0.4, -0.2) is 10.9 Å². The summed E-state index contributed by atoms with van der Waals surface area (Å²) in [5.41, 5.74) is 0.623. The van der Waals surface area contributed by atoms with E-state index < -0.39 is 0 Å². The van der Waals surface area contributed by atoms with Gasteiger partial charge in [-0.1, -0.05) is 22.0 Å². The Labute approximate surface area is 85.0 Å². The van der Waals surface area contributed by atoms with Crippen LogP contribution in [0.25, 0.3) is 6.08 Å². The summed E-state index contributed by atoms with van der Waals surface area (Å²) >= 11 is 3.27. The smallest absolute Gasteiger partial charge is 0.152 e. The SMILES string of the molecule is CC(=O)C=Cc1c(O)cccc1Br. The van der Waals surface area contributed by atoms with E-state index in [2.05, 4.69) is 15.9 Å². The van der Waals surface area contributed by atoms with Gasteiger partial charge in [0.1, 0.15) is 5.75 Å². The van der Waals surface area contributed by atoms with Crippen molar-refractivity contribution in [3.05, 3.63) is 34.3 Å². The molecule has 0 aliphatic rings. The van der Waals surface area contributed by atoms with Crippen LogP contribution in [0.5, 0.6) is 5.75 Å². The molecule has 1 aromatic carbocycles. The van der Waals surface area contributed by atoms with Gasteiger partial charge >= 0.3 is 0 Å². The Kier molecular flexibility index (Phi) is 3.25. The molecule has 0 heterocycles. The first kappa shape index (κ1) is 9.99. The average molecular weight is 241 g/mol. The van der Waals surface area contributed by atoms with Crippen LogP contribution in [0.4, 0.5) is 0 Å². The Bertz CT molecular complexity index is 336. The van der Waals surface area contributed by atoms with E-state index in [0.29, 0.717) is 5.56 Å². The minimum atomic E-state index is -0.0462. The van der Waals surface area contributed by atoms with E-state index in [4.69, 9.17) is 0 Å². The summed E-state index contributed by atoms with van der Waals surface area (Å²) in [6.07, 6.45) is 3.00. The number of phenolic OH excluding ortho intramolecular Hbond substituents is 1. The third-order valence-corrected chi connectivity index (χ3v) is 2.21. The van der Waals surface area contributed by atoms with Crippen LogP contribution in [0.2, 0.25) is 0 Å². The van der Waals surface area contributed by atoms with Gasteiger partial charge in [0.15, 0.2) is 5.78 Å². The standard InChI is InChI=1S/C10H9BrO2/c1-7(12)5-6-8-9(11)3-2-4-10(8)13/h2-6,13H,1H3. The number of hydrogen-bond donors (Lipinski definition) is 1. The van der Waals surface area contributed by atoms with E-state index >= 15 is 0 Å². The van der Waals surface area contributed by atoms with Crippen molar-refractivity contribution in [1.29, 1.82) is 0 Å². The first-order valence-electron chi connectivity index (χ1n) is 3.77. The van der Waals surface area contributed by atoms with Crippen LogP contribution >= 0.6 is 15.9 Å². The number of carbonyl (C=O) groups excluding carboxylic acids is 1. The number of benzene rings is 1. The molecule has 1 N–H and O–H groups in total. The number of ketones is 1. The van der Waals surface area contributed by atoms with Gasteiger partial charge in [0.2, 0.25) is 0 Å². The predicted molar refractivity (Wildman–Crippen MR) is 55.5 cm³/mol. The van der Waals surface area contributed by atoms with E-state index in [1.807, 2.05) is 0 Å². The van der Waals surface area contributed by atoms with Crippen molar-refractivity contribution >= 4 is 27.8 Å². The van der Waals surface area contributed by atoms with Crippen LogP contribution in [0.1, 0.15) is 12.5 Å². The maximum absolute atomic E-state index is 10.7. The van der Waals surface area contributed by atoms with Gasteiger partial charge in [-0.05, 0) is 31.2 Å². The summed E-state index contributed by atoms with van der Waals surface area (Å²) in [5.74, 6) is 0.113. The van der Waals surface area contributed by atoms with E-state index in [9.17, 15) is 9.90 Å². The summed E-state index contributed by atoms with van der Waals surface area (Å²) in [6, 6.07) is 5.11. The monoisotopic (exact) mass is 240 g/mol. The zero-order valence-electron chi connectivity index (χ0n) is 7.12. The summed E-state index contributed by atoms with van der Waals surface area (Å²) in [6.45, 7) is 1.46. The molecule has 0 bridgehead atoms. The first-order chi connectivity index (χ1) is 6.11. The molecule has 0 amide bonds. The van der Waals surface area contributed by atoms with Gasteiger partial charge in [0.25, 0.3) is 0 Å². The summed E-state index contributed by atoms with van der Waals surface area (Å²) in [4.78, 5) is 10.7. The molecular weight excluding hydrogens is 232 g/mol. The molecule has 0 saturated carbocycles. The topological polar surface area (TPSA) is 37.3 Å². The quantitative estimate of drug-likeness (QED) is 0.808. The summed E-state index contributed by atoms with van der Waals surface area (Å²) in [5, 5.41) is 9.41. The van der Waals surface area contributed by atoms with E-state index in [-0.39, 0.29) is 11.5 Å². The highest BCUT2D eigenvalue weighted by Gasteiger charge is 2.00. The maximum Gasteiger partial charge on any atom is 0.152 e. The first-order valence-corrected chi connectivity index (χ1v) is 4.56. The fourth-order valence-corrected chi connectivity index (χ4v) is 1.38. The molecule has 1 rings (SSSR count). The highest BCUT2D eigenvalue weighted by atomic mass is 79.9. The van der Waals surface area contributed by atoms with Gasteiger partial charge in [-0.3, -0.25) is 4.79 Å². The van der Waals surface area contributed by atoms with Crippen molar-refractivity contribution in [3.8, 4) is 5.75 Å². The number of rotatable bonds is 2. The fourth-order valence-electron chi connectivity index (χ4n) is 0.891. The molecule has 0 spiro atoms. The Morgan fingerprint density at radius 3 is 2.77 bits per heavy atom. The fraction of sp³-hybridized carbons (Fsp3) is 0.100. The van der Waals surface area contributed by atoms with Crippen LogP contribution in [0, 0.1) is 0 Å². The Morgan fingerprint density at radius 1 is 1.54 bits per heavy atom. The number of carbonyl (C=O) groups is 1. The van der Waals surface area contributed by atoms with Crippen LogP contribution in [-0.2, 0) is 4.79 Å². The number of hydrogen-bond acceptors (Lipinski definition) is 2. The van der Waals surface area contributed by atoms with Gasteiger partial charge in [-0.15, -0.1) is 0 Å². The Balaban J connectivity index is 3.06. The minimum Gasteiger partial charge on any atom is -0.507 e. The zero-order valence-corrected chi connectivity index (χ0v) is 8.71. The molecule has 0 aromatic heterocycles. The molecule has 0 fully saturated rings. The Morgan fingerprint density at radius 2 is 2.23 bits per heavy atom. The molecule has 13 heavy (non-hydrogen) atoms. The molecular formula is C10H9BrO2. The molecule has 3 heteroatoms. The molecule has 2 nitrogen and oxygen atoms in total. The van der Waals surface area contributed by atoms with Crippen LogP contribution in [0.3, 0.4) is 0 Å². The second-order valence-corrected chi connectivity index (χ2v) is 3.47. The van der Waals surface area contributed by atoms with E-state index in [1.165, 1.54) is 13.0 Å². The number of allylic oxidation sites excluding steroid dienone is 1. The highest BCUT2D eigenvalue weighted by molar-refractivity contribution is 9.10. The van der Waals surface area contributed by atoms with Crippen LogP contribution in [0.15, 0.2) is 28.7 Å². The average Bonchev–Trinajstić information content (AvgIpc) is 2.03. The minimum absolute atomic E-state index is 0.0462. The van der Waals surface area contributed by atoms with Crippen molar-refractivity contribution in [2.45, 2.75) is 6.92 Å². The lowest BCUT2D eigenvalue weighted by Crippen LogP contribution is -1.82. The number of halogens is 1. The van der Waals surface area contributed by atoms with Crippen molar-refractivity contribution in [3.63, 3.8) is 0 Å². The van der Waals surface area contributed by atoms with Gasteiger partial charge in [0.05, 0.1) is 0 Å². The molecule has 0 saturated heterocycles. The van der Waals surface area contributed by atoms with Crippen molar-refractivity contribution in [2.75, 3.05) is 0 Å². The van der Waals surface area contributed by atoms with E-state index in [0.717, 1.165) is 4.47 Å². The third-order valence-electron chi connectivity index (χ3n) is 1.51. The number of aromatic hydroxyl groups is 1. The van der Waals surface area contributed by atoms with Crippen molar-refractivity contribution in [2.24, 2.45) is 0 Å². The molecule has 0 atom stereocenters. The largest absolute Gasteiger partial charge is 0.507 e. The lowest BCUT2D eigenvalue weighted by molar-refractivity contribution is -0.112. The zero-order chi connectivity index (χ0) is 9.84. The Hall–Kier alpha value is -1.09. The molecule has 0 radical (unpaired) electrons. The second kappa shape index (κ2) is 4.23. The molecule has 0 aliphatic heterocycles. The molecule has 68 valence electrons. The lowest BCUT2D eigenvalue weighted by atomic mass is 10.2. The third kappa shape index (κ3) is 2.70.